The van der Waals surface area contributed by atoms with E-state index >= 15 is 0 Å². The summed E-state index contributed by atoms with van der Waals surface area (Å²) in [6, 6.07) is 0. The van der Waals surface area contributed by atoms with Crippen molar-refractivity contribution in [3.8, 4) is 0 Å². The topological polar surface area (TPSA) is 33.3 Å². The number of rotatable bonds is 2. The van der Waals surface area contributed by atoms with E-state index in [9.17, 15) is 0 Å². The molecule has 4 heteroatoms. The molecule has 1 saturated carbocycles. The quantitative estimate of drug-likeness (QED) is 0.457. The van der Waals surface area contributed by atoms with Crippen LogP contribution in [-0.4, -0.2) is 17.8 Å². The highest BCUT2D eigenvalue weighted by Crippen LogP contribution is 2.33. The number of hydrogen-bond acceptors (Lipinski definition) is 2. The molecular weight excluding hydrogens is 148 g/mol. The molecule has 1 aliphatic carbocycles. The van der Waals surface area contributed by atoms with Crippen LogP contribution in [-0.2, 0) is 4.84 Å². The Hall–Kier alpha value is -0.350. The van der Waals surface area contributed by atoms with Gasteiger partial charge in [0.2, 0.25) is 0 Å². The third-order valence-corrected chi connectivity index (χ3v) is 1.80. The lowest BCUT2D eigenvalue weighted by Crippen LogP contribution is -2.41. The standard InChI is InChI=1S/C6H12N2OS/c1-6(3-4-6)7-5(10)8-9-2/h3-4H2,1-2H3,(H2,7,8,10). The van der Waals surface area contributed by atoms with Crippen molar-refractivity contribution in [3.05, 3.63) is 0 Å². The van der Waals surface area contributed by atoms with Gasteiger partial charge in [-0.25, -0.2) is 5.48 Å². The number of hydrogen-bond donors (Lipinski definition) is 2. The number of nitrogens with one attached hydrogen (secondary N) is 2. The maximum Gasteiger partial charge on any atom is 0.190 e. The lowest BCUT2D eigenvalue weighted by atomic mass is 10.3. The van der Waals surface area contributed by atoms with Crippen LogP contribution in [0.2, 0.25) is 0 Å². The fourth-order valence-electron chi connectivity index (χ4n) is 0.705. The molecule has 1 aliphatic rings. The predicted molar refractivity (Wildman–Crippen MR) is 43.5 cm³/mol. The zero-order chi connectivity index (χ0) is 7.61. The first-order valence-electron chi connectivity index (χ1n) is 3.27. The van der Waals surface area contributed by atoms with Crippen LogP contribution >= 0.6 is 12.2 Å². The molecule has 0 heterocycles. The van der Waals surface area contributed by atoms with Gasteiger partial charge < -0.3 is 5.32 Å². The van der Waals surface area contributed by atoms with E-state index in [4.69, 9.17) is 12.2 Å². The van der Waals surface area contributed by atoms with Gasteiger partial charge in [0.05, 0.1) is 7.11 Å². The second kappa shape index (κ2) is 2.72. The maximum absolute atomic E-state index is 4.89. The van der Waals surface area contributed by atoms with Crippen molar-refractivity contribution in [1.29, 1.82) is 0 Å². The van der Waals surface area contributed by atoms with Gasteiger partial charge in [0, 0.05) is 5.54 Å². The molecule has 3 nitrogen and oxygen atoms in total. The zero-order valence-corrected chi connectivity index (χ0v) is 7.05. The Labute approximate surface area is 66.1 Å². The molecule has 0 spiro atoms. The molecule has 0 aromatic carbocycles. The summed E-state index contributed by atoms with van der Waals surface area (Å²) < 4.78 is 0. The molecule has 0 unspecified atom stereocenters. The minimum atomic E-state index is 0.239. The summed E-state index contributed by atoms with van der Waals surface area (Å²) >= 11 is 4.89. The molecular formula is C6H12N2OS. The smallest absolute Gasteiger partial charge is 0.190 e. The molecule has 0 aromatic rings. The highest BCUT2D eigenvalue weighted by molar-refractivity contribution is 7.80. The Balaban J connectivity index is 2.18. The lowest BCUT2D eigenvalue weighted by molar-refractivity contribution is 0.142. The minimum absolute atomic E-state index is 0.239. The van der Waals surface area contributed by atoms with Crippen LogP contribution in [0, 0.1) is 0 Å². The molecule has 0 aliphatic heterocycles. The fraction of sp³-hybridized carbons (Fsp3) is 0.833. The second-order valence-corrected chi connectivity index (χ2v) is 3.23. The SMILES string of the molecule is CONC(=S)NC1(C)CC1. The van der Waals surface area contributed by atoms with E-state index in [0.717, 1.165) is 0 Å². The van der Waals surface area contributed by atoms with Gasteiger partial charge in [-0.05, 0) is 32.0 Å². The highest BCUT2D eigenvalue weighted by atomic mass is 32.1. The van der Waals surface area contributed by atoms with Crippen LogP contribution in [0.4, 0.5) is 0 Å². The monoisotopic (exact) mass is 160 g/mol. The molecule has 1 fully saturated rings. The van der Waals surface area contributed by atoms with E-state index in [0.29, 0.717) is 5.11 Å². The van der Waals surface area contributed by atoms with Crippen LogP contribution in [0.5, 0.6) is 0 Å². The van der Waals surface area contributed by atoms with Crippen molar-refractivity contribution in [2.24, 2.45) is 0 Å². The molecule has 0 atom stereocenters. The molecule has 0 radical (unpaired) electrons. The van der Waals surface area contributed by atoms with E-state index in [2.05, 4.69) is 22.6 Å². The normalized spacial score (nSPS) is 19.8. The minimum Gasteiger partial charge on any atom is -0.356 e. The summed E-state index contributed by atoms with van der Waals surface area (Å²) in [5, 5.41) is 3.70. The van der Waals surface area contributed by atoms with Gasteiger partial charge in [-0.3, -0.25) is 4.84 Å². The first-order chi connectivity index (χ1) is 4.66. The van der Waals surface area contributed by atoms with Crippen LogP contribution in [0.1, 0.15) is 19.8 Å². The van der Waals surface area contributed by atoms with Crippen molar-refractivity contribution in [2.75, 3.05) is 7.11 Å². The Morgan fingerprint density at radius 3 is 2.60 bits per heavy atom. The molecule has 1 rings (SSSR count). The summed E-state index contributed by atoms with van der Waals surface area (Å²) in [6.07, 6.45) is 2.39. The van der Waals surface area contributed by atoms with Gasteiger partial charge >= 0.3 is 0 Å². The van der Waals surface area contributed by atoms with E-state index in [1.165, 1.54) is 12.8 Å². The summed E-state index contributed by atoms with van der Waals surface area (Å²) in [5.74, 6) is 0. The maximum atomic E-state index is 4.89. The van der Waals surface area contributed by atoms with Crippen LogP contribution in [0.15, 0.2) is 0 Å². The van der Waals surface area contributed by atoms with E-state index in [-0.39, 0.29) is 5.54 Å². The van der Waals surface area contributed by atoms with Gasteiger partial charge in [-0.1, -0.05) is 0 Å². The average Bonchev–Trinajstić information content (AvgIpc) is 2.48. The van der Waals surface area contributed by atoms with Gasteiger partial charge in [0.25, 0.3) is 0 Å². The lowest BCUT2D eigenvalue weighted by Gasteiger charge is -2.13. The van der Waals surface area contributed by atoms with Crippen LogP contribution in [0.25, 0.3) is 0 Å². The average molecular weight is 160 g/mol. The summed E-state index contributed by atoms with van der Waals surface area (Å²) in [7, 11) is 1.54. The molecule has 2 N–H and O–H groups in total. The predicted octanol–water partition coefficient (Wildman–Crippen LogP) is 0.564. The zero-order valence-electron chi connectivity index (χ0n) is 6.23. The first kappa shape index (κ1) is 7.75. The summed E-state index contributed by atoms with van der Waals surface area (Å²) in [5.41, 5.74) is 2.80. The molecule has 0 aromatic heterocycles. The van der Waals surface area contributed by atoms with Gasteiger partial charge in [0.15, 0.2) is 5.11 Å². The van der Waals surface area contributed by atoms with E-state index < -0.39 is 0 Å². The fourth-order valence-corrected chi connectivity index (χ4v) is 1.03. The molecule has 10 heavy (non-hydrogen) atoms. The molecule has 0 amide bonds. The summed E-state index contributed by atoms with van der Waals surface area (Å²) in [6.45, 7) is 2.14. The van der Waals surface area contributed by atoms with Gasteiger partial charge in [0.1, 0.15) is 0 Å². The molecule has 58 valence electrons. The van der Waals surface area contributed by atoms with Crippen LogP contribution in [0.3, 0.4) is 0 Å². The van der Waals surface area contributed by atoms with Gasteiger partial charge in [-0.2, -0.15) is 0 Å². The Kier molecular flexibility index (Phi) is 2.11. The van der Waals surface area contributed by atoms with E-state index in [1.807, 2.05) is 0 Å². The molecule has 0 bridgehead atoms. The van der Waals surface area contributed by atoms with Crippen molar-refractivity contribution >= 4 is 17.3 Å². The highest BCUT2D eigenvalue weighted by Gasteiger charge is 2.37. The third kappa shape index (κ3) is 2.11. The van der Waals surface area contributed by atoms with Crippen molar-refractivity contribution in [1.82, 2.24) is 10.8 Å². The molecule has 0 saturated heterocycles. The number of thiocarbonyl (C=S) groups is 1. The Morgan fingerprint density at radius 2 is 2.20 bits per heavy atom. The third-order valence-electron chi connectivity index (χ3n) is 1.61. The second-order valence-electron chi connectivity index (χ2n) is 2.82. The summed E-state index contributed by atoms with van der Waals surface area (Å²) in [4.78, 5) is 4.62. The largest absolute Gasteiger partial charge is 0.356 e. The van der Waals surface area contributed by atoms with Crippen LogP contribution < -0.4 is 10.8 Å². The van der Waals surface area contributed by atoms with Crippen molar-refractivity contribution in [3.63, 3.8) is 0 Å². The number of hydroxylamine groups is 1. The Morgan fingerprint density at radius 1 is 1.60 bits per heavy atom. The van der Waals surface area contributed by atoms with E-state index in [1.54, 1.807) is 7.11 Å². The van der Waals surface area contributed by atoms with Gasteiger partial charge in [-0.15, -0.1) is 0 Å². The van der Waals surface area contributed by atoms with Crippen molar-refractivity contribution < 1.29 is 4.84 Å². The first-order valence-corrected chi connectivity index (χ1v) is 3.68. The van der Waals surface area contributed by atoms with Crippen molar-refractivity contribution in [2.45, 2.75) is 25.3 Å². The Bertz CT molecular complexity index is 145.